The number of rotatable bonds is 6. The van der Waals surface area contributed by atoms with Gasteiger partial charge in [-0.15, -0.1) is 0 Å². The summed E-state index contributed by atoms with van der Waals surface area (Å²) in [5.74, 6) is -0.113. The van der Waals surface area contributed by atoms with Gasteiger partial charge < -0.3 is 0 Å². The van der Waals surface area contributed by atoms with Gasteiger partial charge in [0.1, 0.15) is 10.7 Å². The number of sulfonamides is 1. The molecule has 7 nitrogen and oxygen atoms in total. The quantitative estimate of drug-likeness (QED) is 0.511. The fourth-order valence-electron chi connectivity index (χ4n) is 3.31. The van der Waals surface area contributed by atoms with Crippen LogP contribution in [0.25, 0.3) is 5.69 Å². The molecule has 0 aliphatic rings. The van der Waals surface area contributed by atoms with Crippen LogP contribution in [-0.4, -0.2) is 28.0 Å². The zero-order valence-corrected chi connectivity index (χ0v) is 17.3. The van der Waals surface area contributed by atoms with Crippen molar-refractivity contribution >= 4 is 15.8 Å². The molecule has 0 amide bonds. The predicted octanol–water partition coefficient (Wildman–Crippen LogP) is 3.67. The Hall–Kier alpha value is -3.46. The summed E-state index contributed by atoms with van der Waals surface area (Å²) in [6.07, 6.45) is 1.66. The Balaban J connectivity index is 1.58. The van der Waals surface area contributed by atoms with Gasteiger partial charge in [0.15, 0.2) is 5.82 Å². The second kappa shape index (κ2) is 7.75. The molecule has 2 heterocycles. The van der Waals surface area contributed by atoms with E-state index in [2.05, 4.69) is 14.9 Å². The van der Waals surface area contributed by atoms with Crippen molar-refractivity contribution in [3.05, 3.63) is 89.6 Å². The maximum atomic E-state index is 13.0. The smallest absolute Gasteiger partial charge is 0.266 e. The van der Waals surface area contributed by atoms with Gasteiger partial charge in [0.05, 0.1) is 23.6 Å². The van der Waals surface area contributed by atoms with Crippen molar-refractivity contribution in [2.45, 2.75) is 25.3 Å². The Kier molecular flexibility index (Phi) is 5.13. The molecule has 0 fully saturated rings. The largest absolute Gasteiger partial charge is 0.266 e. The number of nitrogens with one attached hydrogen (secondary N) is 1. The van der Waals surface area contributed by atoms with Gasteiger partial charge >= 0.3 is 0 Å². The maximum Gasteiger partial charge on any atom is 0.266 e. The fourth-order valence-corrected chi connectivity index (χ4v) is 4.70. The van der Waals surface area contributed by atoms with Crippen molar-refractivity contribution < 1.29 is 12.8 Å². The van der Waals surface area contributed by atoms with E-state index in [-0.39, 0.29) is 16.5 Å². The molecule has 0 atom stereocenters. The lowest BCUT2D eigenvalue weighted by molar-refractivity contribution is 0.599. The number of benzene rings is 2. The minimum Gasteiger partial charge on any atom is -0.266 e. The summed E-state index contributed by atoms with van der Waals surface area (Å²) < 4.78 is 44.8. The first-order valence-electron chi connectivity index (χ1n) is 9.26. The molecule has 1 N–H and O–H groups in total. The molecule has 4 rings (SSSR count). The van der Waals surface area contributed by atoms with E-state index in [1.807, 2.05) is 30.3 Å². The van der Waals surface area contributed by atoms with Gasteiger partial charge in [-0.2, -0.15) is 10.2 Å². The summed E-state index contributed by atoms with van der Waals surface area (Å²) in [7, 11) is -3.89. The SMILES string of the molecule is Cc1nn(-c2ccccc2)c(C)c1S(=O)(=O)Nc1ccn(Cc2ccc(F)cc2)n1. The maximum absolute atomic E-state index is 13.0. The van der Waals surface area contributed by atoms with E-state index in [4.69, 9.17) is 0 Å². The highest BCUT2D eigenvalue weighted by molar-refractivity contribution is 7.92. The van der Waals surface area contributed by atoms with Crippen molar-refractivity contribution in [2.24, 2.45) is 0 Å². The van der Waals surface area contributed by atoms with Crippen LogP contribution in [0, 0.1) is 19.7 Å². The number of halogens is 1. The normalized spacial score (nSPS) is 11.6. The number of aromatic nitrogens is 4. The van der Waals surface area contributed by atoms with Crippen LogP contribution in [0.2, 0.25) is 0 Å². The van der Waals surface area contributed by atoms with Crippen LogP contribution in [0.1, 0.15) is 17.0 Å². The Morgan fingerprint density at radius 1 is 0.967 bits per heavy atom. The Labute approximate surface area is 173 Å². The highest BCUT2D eigenvalue weighted by Gasteiger charge is 2.26. The molecule has 154 valence electrons. The predicted molar refractivity (Wildman–Crippen MR) is 112 cm³/mol. The van der Waals surface area contributed by atoms with E-state index in [0.29, 0.717) is 17.9 Å². The zero-order valence-electron chi connectivity index (χ0n) is 16.4. The summed E-state index contributed by atoms with van der Waals surface area (Å²) in [6.45, 7) is 3.77. The van der Waals surface area contributed by atoms with Gasteiger partial charge in [0.2, 0.25) is 0 Å². The van der Waals surface area contributed by atoms with E-state index in [9.17, 15) is 12.8 Å². The van der Waals surface area contributed by atoms with E-state index in [1.54, 1.807) is 47.6 Å². The lowest BCUT2D eigenvalue weighted by atomic mass is 10.2. The highest BCUT2D eigenvalue weighted by Crippen LogP contribution is 2.24. The molecule has 2 aromatic heterocycles. The number of hydrogen-bond donors (Lipinski definition) is 1. The van der Waals surface area contributed by atoms with Gasteiger partial charge in [-0.25, -0.2) is 17.5 Å². The fraction of sp³-hybridized carbons (Fsp3) is 0.143. The Bertz CT molecular complexity index is 1280. The Morgan fingerprint density at radius 2 is 1.67 bits per heavy atom. The molecule has 0 radical (unpaired) electrons. The molecule has 0 spiro atoms. The summed E-state index contributed by atoms with van der Waals surface area (Å²) in [6, 6.07) is 17.0. The summed E-state index contributed by atoms with van der Waals surface area (Å²) in [5, 5.41) is 8.67. The van der Waals surface area contributed by atoms with Crippen molar-refractivity contribution in [2.75, 3.05) is 4.72 Å². The second-order valence-electron chi connectivity index (χ2n) is 6.88. The van der Waals surface area contributed by atoms with Crippen molar-refractivity contribution in [1.82, 2.24) is 19.6 Å². The molecule has 30 heavy (non-hydrogen) atoms. The number of hydrogen-bond acceptors (Lipinski definition) is 4. The minimum atomic E-state index is -3.89. The van der Waals surface area contributed by atoms with E-state index in [1.165, 1.54) is 12.1 Å². The zero-order chi connectivity index (χ0) is 21.3. The van der Waals surface area contributed by atoms with Crippen LogP contribution in [0.5, 0.6) is 0 Å². The first-order chi connectivity index (χ1) is 14.3. The third kappa shape index (κ3) is 3.97. The van der Waals surface area contributed by atoms with E-state index >= 15 is 0 Å². The average Bonchev–Trinajstić information content (AvgIpc) is 3.27. The van der Waals surface area contributed by atoms with Gasteiger partial charge in [-0.3, -0.25) is 9.40 Å². The minimum absolute atomic E-state index is 0.124. The third-order valence-corrected chi connectivity index (χ3v) is 6.24. The van der Waals surface area contributed by atoms with Gasteiger partial charge in [-0.1, -0.05) is 30.3 Å². The van der Waals surface area contributed by atoms with Gasteiger partial charge in [0, 0.05) is 12.3 Å². The van der Waals surface area contributed by atoms with Crippen LogP contribution in [0.3, 0.4) is 0 Å². The Morgan fingerprint density at radius 3 is 2.37 bits per heavy atom. The first kappa shape index (κ1) is 19.8. The summed E-state index contributed by atoms with van der Waals surface area (Å²) >= 11 is 0. The molecule has 4 aromatic rings. The number of para-hydroxylation sites is 1. The molecule has 0 saturated carbocycles. The van der Waals surface area contributed by atoms with Crippen LogP contribution in [-0.2, 0) is 16.6 Å². The lowest BCUT2D eigenvalue weighted by Crippen LogP contribution is -2.15. The molecular weight excluding hydrogens is 405 g/mol. The molecule has 0 aliphatic heterocycles. The highest BCUT2D eigenvalue weighted by atomic mass is 32.2. The van der Waals surface area contributed by atoms with E-state index < -0.39 is 10.0 Å². The van der Waals surface area contributed by atoms with Crippen LogP contribution < -0.4 is 4.72 Å². The van der Waals surface area contributed by atoms with Gasteiger partial charge in [0.25, 0.3) is 10.0 Å². The third-order valence-electron chi connectivity index (χ3n) is 4.63. The molecule has 0 unspecified atom stereocenters. The van der Waals surface area contributed by atoms with Crippen molar-refractivity contribution in [1.29, 1.82) is 0 Å². The molecule has 9 heteroatoms. The van der Waals surface area contributed by atoms with Crippen molar-refractivity contribution in [3.63, 3.8) is 0 Å². The van der Waals surface area contributed by atoms with Gasteiger partial charge in [-0.05, 0) is 43.7 Å². The van der Waals surface area contributed by atoms with Crippen molar-refractivity contribution in [3.8, 4) is 5.69 Å². The molecule has 0 saturated heterocycles. The van der Waals surface area contributed by atoms with Crippen LogP contribution in [0.15, 0.2) is 71.8 Å². The molecule has 2 aromatic carbocycles. The summed E-state index contributed by atoms with van der Waals surface area (Å²) in [5.41, 5.74) is 2.54. The number of anilines is 1. The average molecular weight is 425 g/mol. The summed E-state index contributed by atoms with van der Waals surface area (Å²) in [4.78, 5) is 0.124. The monoisotopic (exact) mass is 425 g/mol. The number of nitrogens with zero attached hydrogens (tertiary/aromatic N) is 4. The molecular formula is C21H20FN5O2S. The molecule has 0 aliphatic carbocycles. The topological polar surface area (TPSA) is 81.8 Å². The second-order valence-corrected chi connectivity index (χ2v) is 8.50. The van der Waals surface area contributed by atoms with Crippen LogP contribution >= 0.6 is 0 Å². The van der Waals surface area contributed by atoms with E-state index in [0.717, 1.165) is 11.3 Å². The first-order valence-corrected chi connectivity index (χ1v) is 10.7. The van der Waals surface area contributed by atoms with Crippen LogP contribution in [0.4, 0.5) is 10.2 Å². The number of aryl methyl sites for hydroxylation is 1. The lowest BCUT2D eigenvalue weighted by Gasteiger charge is -2.07. The molecule has 0 bridgehead atoms. The standard InChI is InChI=1S/C21H20FN5O2S/c1-15-21(16(2)27(23-15)19-6-4-3-5-7-19)30(28,29)25-20-12-13-26(24-20)14-17-8-10-18(22)11-9-17/h3-13H,14H2,1-2H3,(H,24,25).